The molecule has 0 aliphatic carbocycles. The molecule has 27 heavy (non-hydrogen) atoms. The maximum atomic E-state index is 12.7. The summed E-state index contributed by atoms with van der Waals surface area (Å²) >= 11 is 1.58. The molecule has 0 aliphatic heterocycles. The molecular formula is C20H19N3O2S2. The monoisotopic (exact) mass is 397 g/mol. The summed E-state index contributed by atoms with van der Waals surface area (Å²) in [5.74, 6) is 0. The van der Waals surface area contributed by atoms with Crippen molar-refractivity contribution in [2.45, 2.75) is 25.7 Å². The van der Waals surface area contributed by atoms with E-state index in [0.717, 1.165) is 33.0 Å². The lowest BCUT2D eigenvalue weighted by Gasteiger charge is -2.10. The zero-order valence-electron chi connectivity index (χ0n) is 15.2. The van der Waals surface area contributed by atoms with Crippen molar-refractivity contribution in [2.75, 3.05) is 4.72 Å². The number of imidazole rings is 1. The van der Waals surface area contributed by atoms with E-state index in [0.29, 0.717) is 5.69 Å². The van der Waals surface area contributed by atoms with Gasteiger partial charge in [-0.05, 0) is 56.2 Å². The molecule has 5 nitrogen and oxygen atoms in total. The molecule has 0 fully saturated rings. The van der Waals surface area contributed by atoms with Crippen LogP contribution in [0.15, 0.2) is 58.9 Å². The Labute approximate surface area is 162 Å². The van der Waals surface area contributed by atoms with Crippen LogP contribution in [-0.2, 0) is 10.0 Å². The third kappa shape index (κ3) is 3.36. The molecular weight excluding hydrogens is 378 g/mol. The van der Waals surface area contributed by atoms with Crippen LogP contribution in [-0.4, -0.2) is 17.8 Å². The molecule has 2 aromatic carbocycles. The smallest absolute Gasteiger partial charge is 0.261 e. The van der Waals surface area contributed by atoms with Gasteiger partial charge in [-0.25, -0.2) is 13.4 Å². The minimum atomic E-state index is -3.65. The molecule has 0 bridgehead atoms. The Morgan fingerprint density at radius 3 is 2.59 bits per heavy atom. The van der Waals surface area contributed by atoms with Crippen molar-refractivity contribution in [3.8, 4) is 11.3 Å². The molecule has 0 radical (unpaired) electrons. The Bertz CT molecular complexity index is 1250. The molecule has 0 saturated carbocycles. The highest BCUT2D eigenvalue weighted by molar-refractivity contribution is 7.92. The first-order chi connectivity index (χ1) is 12.8. The summed E-state index contributed by atoms with van der Waals surface area (Å²) in [6.07, 6.45) is 1.97. The fourth-order valence-electron chi connectivity index (χ4n) is 2.87. The molecule has 0 amide bonds. The summed E-state index contributed by atoms with van der Waals surface area (Å²) in [4.78, 5) is 5.80. The van der Waals surface area contributed by atoms with Gasteiger partial charge in [0.1, 0.15) is 0 Å². The Morgan fingerprint density at radius 1 is 1.04 bits per heavy atom. The highest BCUT2D eigenvalue weighted by atomic mass is 32.2. The van der Waals surface area contributed by atoms with Gasteiger partial charge in [-0.1, -0.05) is 18.2 Å². The van der Waals surface area contributed by atoms with Gasteiger partial charge in [0.25, 0.3) is 10.0 Å². The van der Waals surface area contributed by atoms with E-state index in [9.17, 15) is 8.42 Å². The number of nitrogens with one attached hydrogen (secondary N) is 1. The van der Waals surface area contributed by atoms with Crippen LogP contribution in [0.4, 0.5) is 5.69 Å². The molecule has 4 aromatic rings. The van der Waals surface area contributed by atoms with Gasteiger partial charge in [0.15, 0.2) is 4.96 Å². The number of benzene rings is 2. The lowest BCUT2D eigenvalue weighted by Crippen LogP contribution is -2.13. The van der Waals surface area contributed by atoms with E-state index in [-0.39, 0.29) is 4.90 Å². The standard InChI is InChI=1S/C20H19N3O2S2/c1-13-7-8-18(9-14(13)2)27(24,25)22-17-6-4-5-16(10-17)19-11-23-15(3)12-26-20(23)21-19/h4-12,22H,1-3H3. The summed E-state index contributed by atoms with van der Waals surface area (Å²) in [5, 5.41) is 2.06. The largest absolute Gasteiger partial charge is 0.294 e. The number of fused-ring (bicyclic) bond motifs is 1. The number of nitrogens with zero attached hydrogens (tertiary/aromatic N) is 2. The summed E-state index contributed by atoms with van der Waals surface area (Å²) in [6.45, 7) is 5.89. The van der Waals surface area contributed by atoms with Crippen LogP contribution in [0, 0.1) is 20.8 Å². The molecule has 0 atom stereocenters. The van der Waals surface area contributed by atoms with Crippen molar-refractivity contribution < 1.29 is 8.42 Å². The molecule has 0 unspecified atom stereocenters. The minimum Gasteiger partial charge on any atom is -0.294 e. The predicted molar refractivity (Wildman–Crippen MR) is 110 cm³/mol. The first kappa shape index (κ1) is 17.8. The van der Waals surface area contributed by atoms with E-state index in [1.807, 2.05) is 49.6 Å². The number of thiazole rings is 1. The van der Waals surface area contributed by atoms with E-state index >= 15 is 0 Å². The van der Waals surface area contributed by atoms with Gasteiger partial charge >= 0.3 is 0 Å². The lowest BCUT2D eigenvalue weighted by atomic mass is 10.1. The van der Waals surface area contributed by atoms with Crippen molar-refractivity contribution in [1.29, 1.82) is 0 Å². The minimum absolute atomic E-state index is 0.258. The molecule has 4 rings (SSSR count). The van der Waals surface area contributed by atoms with Gasteiger partial charge in [-0.3, -0.25) is 9.12 Å². The number of hydrogen-bond donors (Lipinski definition) is 1. The van der Waals surface area contributed by atoms with E-state index < -0.39 is 10.0 Å². The van der Waals surface area contributed by atoms with E-state index in [1.165, 1.54) is 0 Å². The zero-order valence-corrected chi connectivity index (χ0v) is 16.9. The van der Waals surface area contributed by atoms with Gasteiger partial charge in [-0.2, -0.15) is 0 Å². The fourth-order valence-corrected chi connectivity index (χ4v) is 4.86. The highest BCUT2D eigenvalue weighted by Gasteiger charge is 2.16. The van der Waals surface area contributed by atoms with Crippen LogP contribution in [0.5, 0.6) is 0 Å². The topological polar surface area (TPSA) is 63.5 Å². The van der Waals surface area contributed by atoms with Gasteiger partial charge in [-0.15, -0.1) is 11.3 Å². The summed E-state index contributed by atoms with van der Waals surface area (Å²) < 4.78 is 30.2. The quantitative estimate of drug-likeness (QED) is 0.538. The Kier molecular flexibility index (Phi) is 4.28. The summed E-state index contributed by atoms with van der Waals surface area (Å²) in [5.41, 5.74) is 5.33. The Morgan fingerprint density at radius 2 is 1.85 bits per heavy atom. The van der Waals surface area contributed by atoms with Crippen LogP contribution in [0.2, 0.25) is 0 Å². The van der Waals surface area contributed by atoms with Crippen LogP contribution >= 0.6 is 11.3 Å². The van der Waals surface area contributed by atoms with Crippen molar-refractivity contribution in [2.24, 2.45) is 0 Å². The van der Waals surface area contributed by atoms with Crippen LogP contribution < -0.4 is 4.72 Å². The third-order valence-corrected chi connectivity index (χ3v) is 6.92. The zero-order chi connectivity index (χ0) is 19.2. The predicted octanol–water partition coefficient (Wildman–Crippen LogP) is 4.79. The van der Waals surface area contributed by atoms with Crippen LogP contribution in [0.1, 0.15) is 16.8 Å². The van der Waals surface area contributed by atoms with Crippen LogP contribution in [0.3, 0.4) is 0 Å². The molecule has 0 spiro atoms. The number of sulfonamides is 1. The summed E-state index contributed by atoms with van der Waals surface area (Å²) in [7, 11) is -3.65. The SMILES string of the molecule is Cc1ccc(S(=O)(=O)Nc2cccc(-c3cn4c(C)csc4n3)c2)cc1C. The molecule has 2 aromatic heterocycles. The lowest BCUT2D eigenvalue weighted by molar-refractivity contribution is 0.601. The first-order valence-electron chi connectivity index (χ1n) is 8.47. The van der Waals surface area contributed by atoms with Crippen molar-refractivity contribution in [3.63, 3.8) is 0 Å². The van der Waals surface area contributed by atoms with Gasteiger partial charge in [0.2, 0.25) is 0 Å². The second-order valence-electron chi connectivity index (χ2n) is 6.59. The average molecular weight is 398 g/mol. The van der Waals surface area contributed by atoms with Crippen molar-refractivity contribution in [3.05, 3.63) is 70.9 Å². The maximum absolute atomic E-state index is 12.7. The van der Waals surface area contributed by atoms with E-state index in [2.05, 4.69) is 15.1 Å². The van der Waals surface area contributed by atoms with Gasteiger partial charge in [0.05, 0.1) is 10.6 Å². The number of anilines is 1. The normalized spacial score (nSPS) is 11.8. The highest BCUT2D eigenvalue weighted by Crippen LogP contribution is 2.26. The Hall–Kier alpha value is -2.64. The van der Waals surface area contributed by atoms with Crippen molar-refractivity contribution in [1.82, 2.24) is 9.38 Å². The molecule has 0 saturated heterocycles. The fraction of sp³-hybridized carbons (Fsp3) is 0.150. The van der Waals surface area contributed by atoms with E-state index in [1.54, 1.807) is 35.6 Å². The first-order valence-corrected chi connectivity index (χ1v) is 10.8. The summed E-state index contributed by atoms with van der Waals surface area (Å²) in [6, 6.07) is 12.4. The number of hydrogen-bond acceptors (Lipinski definition) is 4. The van der Waals surface area contributed by atoms with Crippen LogP contribution in [0.25, 0.3) is 16.2 Å². The molecule has 0 aliphatic rings. The second-order valence-corrected chi connectivity index (χ2v) is 9.11. The van der Waals surface area contributed by atoms with Gasteiger partial charge in [0, 0.05) is 28.5 Å². The molecule has 7 heteroatoms. The second kappa shape index (κ2) is 6.51. The number of aromatic nitrogens is 2. The number of aryl methyl sites for hydroxylation is 3. The Balaban J connectivity index is 1.66. The van der Waals surface area contributed by atoms with Crippen molar-refractivity contribution >= 4 is 32.0 Å². The van der Waals surface area contributed by atoms with Gasteiger partial charge < -0.3 is 0 Å². The van der Waals surface area contributed by atoms with E-state index in [4.69, 9.17) is 0 Å². The average Bonchev–Trinajstić information content (AvgIpc) is 3.19. The molecule has 2 heterocycles. The third-order valence-electron chi connectivity index (χ3n) is 4.59. The molecule has 138 valence electrons. The number of rotatable bonds is 4. The maximum Gasteiger partial charge on any atom is 0.261 e. The molecule has 1 N–H and O–H groups in total.